The molecule has 3 N–H and O–H groups in total. The van der Waals surface area contributed by atoms with Crippen molar-refractivity contribution in [2.75, 3.05) is 19.6 Å². The molecule has 0 saturated carbocycles. The topological polar surface area (TPSA) is 107 Å². The van der Waals surface area contributed by atoms with Crippen molar-refractivity contribution in [1.29, 1.82) is 0 Å². The summed E-state index contributed by atoms with van der Waals surface area (Å²) in [6.07, 6.45) is 2.39. The third-order valence-corrected chi connectivity index (χ3v) is 4.25. The van der Waals surface area contributed by atoms with Gasteiger partial charge >= 0.3 is 11.9 Å². The Morgan fingerprint density at radius 1 is 1.15 bits per heavy atom. The van der Waals surface area contributed by atoms with Crippen molar-refractivity contribution in [2.45, 2.75) is 31.7 Å². The molecule has 112 valence electrons. The number of nitrogens with one attached hydrogen (secondary N) is 1. The first-order chi connectivity index (χ1) is 9.49. The summed E-state index contributed by atoms with van der Waals surface area (Å²) in [5.74, 6) is -3.86. The zero-order chi connectivity index (χ0) is 14.7. The maximum Gasteiger partial charge on any atom is 0.308 e. The maximum atomic E-state index is 11.6. The van der Waals surface area contributed by atoms with E-state index in [1.165, 1.54) is 0 Å². The van der Waals surface area contributed by atoms with Gasteiger partial charge in [0.15, 0.2) is 0 Å². The predicted molar refractivity (Wildman–Crippen MR) is 69.1 cm³/mol. The van der Waals surface area contributed by atoms with Crippen LogP contribution in [0.2, 0.25) is 0 Å². The van der Waals surface area contributed by atoms with Gasteiger partial charge in [-0.3, -0.25) is 19.3 Å². The van der Waals surface area contributed by atoms with Crippen LogP contribution in [0.15, 0.2) is 0 Å². The van der Waals surface area contributed by atoms with E-state index in [1.54, 1.807) is 0 Å². The van der Waals surface area contributed by atoms with Crippen LogP contribution in [0.4, 0.5) is 0 Å². The van der Waals surface area contributed by atoms with Gasteiger partial charge in [0, 0.05) is 25.6 Å². The maximum absolute atomic E-state index is 11.6. The minimum Gasteiger partial charge on any atom is -0.481 e. The average molecular weight is 284 g/mol. The molecule has 1 amide bonds. The molecule has 2 rings (SSSR count). The molecule has 0 aliphatic carbocycles. The molecule has 0 bridgehead atoms. The molecule has 0 spiro atoms. The van der Waals surface area contributed by atoms with Gasteiger partial charge in [-0.15, -0.1) is 0 Å². The Bertz CT molecular complexity index is 412. The molecule has 7 nitrogen and oxygen atoms in total. The largest absolute Gasteiger partial charge is 0.481 e. The molecule has 0 aromatic rings. The second-order valence-electron chi connectivity index (χ2n) is 5.52. The van der Waals surface area contributed by atoms with E-state index in [0.29, 0.717) is 25.9 Å². The molecule has 20 heavy (non-hydrogen) atoms. The van der Waals surface area contributed by atoms with E-state index in [4.69, 9.17) is 5.11 Å². The Kier molecular flexibility index (Phi) is 4.59. The SMILES string of the molecule is O=C1CC(N2CCC(C(=O)O)C(C(=O)O)C2)CCCN1. The Morgan fingerprint density at radius 3 is 2.50 bits per heavy atom. The predicted octanol–water partition coefficient (Wildman–Crippen LogP) is -0.238. The van der Waals surface area contributed by atoms with Gasteiger partial charge in [-0.05, 0) is 25.8 Å². The average Bonchev–Trinajstić information content (AvgIpc) is 2.62. The van der Waals surface area contributed by atoms with Crippen LogP contribution in [0.1, 0.15) is 25.7 Å². The van der Waals surface area contributed by atoms with E-state index in [9.17, 15) is 19.5 Å². The zero-order valence-corrected chi connectivity index (χ0v) is 11.2. The normalized spacial score (nSPS) is 32.2. The molecular weight excluding hydrogens is 264 g/mol. The Morgan fingerprint density at radius 2 is 1.85 bits per heavy atom. The van der Waals surface area contributed by atoms with Crippen molar-refractivity contribution in [3.8, 4) is 0 Å². The number of hydrogen-bond acceptors (Lipinski definition) is 4. The van der Waals surface area contributed by atoms with Gasteiger partial charge in [0.05, 0.1) is 11.8 Å². The molecule has 2 fully saturated rings. The van der Waals surface area contributed by atoms with Gasteiger partial charge in [-0.2, -0.15) is 0 Å². The number of rotatable bonds is 3. The second-order valence-corrected chi connectivity index (χ2v) is 5.52. The molecule has 2 saturated heterocycles. The first kappa shape index (κ1) is 14.8. The summed E-state index contributed by atoms with van der Waals surface area (Å²) in [5.41, 5.74) is 0. The van der Waals surface area contributed by atoms with Crippen LogP contribution in [0.3, 0.4) is 0 Å². The summed E-state index contributed by atoms with van der Waals surface area (Å²) in [5, 5.41) is 21.1. The van der Waals surface area contributed by atoms with Crippen LogP contribution in [-0.2, 0) is 14.4 Å². The number of amides is 1. The first-order valence-corrected chi connectivity index (χ1v) is 6.95. The number of carbonyl (C=O) groups excluding carboxylic acids is 1. The number of piperidine rings is 1. The lowest BCUT2D eigenvalue weighted by atomic mass is 9.84. The van der Waals surface area contributed by atoms with Gasteiger partial charge in [0.1, 0.15) is 0 Å². The number of aliphatic carboxylic acids is 2. The summed E-state index contributed by atoms with van der Waals surface area (Å²) < 4.78 is 0. The van der Waals surface area contributed by atoms with Crippen molar-refractivity contribution in [1.82, 2.24) is 10.2 Å². The van der Waals surface area contributed by atoms with Gasteiger partial charge < -0.3 is 15.5 Å². The first-order valence-electron chi connectivity index (χ1n) is 6.95. The van der Waals surface area contributed by atoms with E-state index in [1.807, 2.05) is 4.90 Å². The quantitative estimate of drug-likeness (QED) is 0.660. The van der Waals surface area contributed by atoms with Crippen molar-refractivity contribution >= 4 is 17.8 Å². The van der Waals surface area contributed by atoms with Crippen molar-refractivity contribution in [2.24, 2.45) is 11.8 Å². The van der Waals surface area contributed by atoms with Crippen molar-refractivity contribution in [3.05, 3.63) is 0 Å². The monoisotopic (exact) mass is 284 g/mol. The number of carbonyl (C=O) groups is 3. The lowest BCUT2D eigenvalue weighted by Crippen LogP contribution is -2.50. The summed E-state index contributed by atoms with van der Waals surface area (Å²) >= 11 is 0. The summed E-state index contributed by atoms with van der Waals surface area (Å²) in [6.45, 7) is 1.41. The fourth-order valence-electron chi connectivity index (χ4n) is 3.12. The minimum absolute atomic E-state index is 0.0141. The minimum atomic E-state index is -1.07. The third kappa shape index (κ3) is 3.27. The second kappa shape index (κ2) is 6.21. The van der Waals surface area contributed by atoms with Crippen LogP contribution in [0.25, 0.3) is 0 Å². The van der Waals surface area contributed by atoms with Gasteiger partial charge in [0.2, 0.25) is 5.91 Å². The standard InChI is InChI=1S/C13H20N2O5/c16-11-6-8(2-1-4-14-11)15-5-3-9(12(17)18)10(7-15)13(19)20/h8-10H,1-7H2,(H,14,16)(H,17,18)(H,19,20). The lowest BCUT2D eigenvalue weighted by Gasteiger charge is -2.38. The fourth-order valence-corrected chi connectivity index (χ4v) is 3.12. The fraction of sp³-hybridized carbons (Fsp3) is 0.769. The molecular formula is C13H20N2O5. The molecule has 3 atom stereocenters. The van der Waals surface area contributed by atoms with Gasteiger partial charge in [-0.25, -0.2) is 0 Å². The highest BCUT2D eigenvalue weighted by Gasteiger charge is 2.40. The molecule has 0 radical (unpaired) electrons. The summed E-state index contributed by atoms with van der Waals surface area (Å²) in [7, 11) is 0. The van der Waals surface area contributed by atoms with E-state index in [0.717, 1.165) is 12.8 Å². The van der Waals surface area contributed by atoms with Crippen LogP contribution >= 0.6 is 0 Å². The van der Waals surface area contributed by atoms with Crippen LogP contribution < -0.4 is 5.32 Å². The van der Waals surface area contributed by atoms with Gasteiger partial charge in [-0.1, -0.05) is 0 Å². The lowest BCUT2D eigenvalue weighted by molar-refractivity contribution is -0.157. The summed E-state index contributed by atoms with van der Waals surface area (Å²) in [6, 6.07) is 0.0223. The highest BCUT2D eigenvalue weighted by atomic mass is 16.4. The smallest absolute Gasteiger partial charge is 0.308 e. The molecule has 7 heteroatoms. The molecule has 0 aromatic carbocycles. The number of nitrogens with zero attached hydrogens (tertiary/aromatic N) is 1. The Labute approximate surface area is 116 Å². The molecule has 2 aliphatic heterocycles. The highest BCUT2D eigenvalue weighted by Crippen LogP contribution is 2.28. The van der Waals surface area contributed by atoms with Gasteiger partial charge in [0.25, 0.3) is 0 Å². The number of likely N-dealkylation sites (tertiary alicyclic amines) is 1. The molecule has 2 heterocycles. The van der Waals surface area contributed by atoms with Crippen molar-refractivity contribution in [3.63, 3.8) is 0 Å². The van der Waals surface area contributed by atoms with Crippen molar-refractivity contribution < 1.29 is 24.6 Å². The highest BCUT2D eigenvalue weighted by molar-refractivity contribution is 5.80. The van der Waals surface area contributed by atoms with Crippen LogP contribution in [0.5, 0.6) is 0 Å². The van der Waals surface area contributed by atoms with Crippen LogP contribution in [-0.4, -0.2) is 58.6 Å². The number of carboxylic acids is 2. The molecule has 2 aliphatic rings. The number of carboxylic acid groups (broad SMARTS) is 2. The molecule has 0 aromatic heterocycles. The molecule has 3 unspecified atom stereocenters. The van der Waals surface area contributed by atoms with E-state index in [-0.39, 0.29) is 18.5 Å². The number of hydrogen-bond donors (Lipinski definition) is 3. The Balaban J connectivity index is 2.05. The van der Waals surface area contributed by atoms with Crippen LogP contribution in [0, 0.1) is 11.8 Å². The van der Waals surface area contributed by atoms with E-state index in [2.05, 4.69) is 5.32 Å². The zero-order valence-electron chi connectivity index (χ0n) is 11.2. The third-order valence-electron chi connectivity index (χ3n) is 4.25. The van der Waals surface area contributed by atoms with E-state index < -0.39 is 23.8 Å². The summed E-state index contributed by atoms with van der Waals surface area (Å²) in [4.78, 5) is 35.9. The Hall–Kier alpha value is -1.63. The van der Waals surface area contributed by atoms with E-state index >= 15 is 0 Å².